The Labute approximate surface area is 536 Å². The molecule has 90 heavy (non-hydrogen) atoms. The topological polar surface area (TPSA) is 0 Å². The highest BCUT2D eigenvalue weighted by atomic mass is 79.9. The molecule has 2 heteroatoms. The summed E-state index contributed by atoms with van der Waals surface area (Å²) in [5.41, 5.74) is 37.3. The van der Waals surface area contributed by atoms with Crippen molar-refractivity contribution in [1.29, 1.82) is 0 Å². The summed E-state index contributed by atoms with van der Waals surface area (Å²) in [6, 6.07) is 92.2. The van der Waals surface area contributed by atoms with Gasteiger partial charge < -0.3 is 0 Å². The minimum atomic E-state index is -0.0778. The molecule has 426 valence electrons. The van der Waals surface area contributed by atoms with E-state index in [2.05, 4.69) is 314 Å². The Morgan fingerprint density at radius 1 is 0.233 bits per heavy atom. The molecule has 0 atom stereocenters. The fourth-order valence-corrected chi connectivity index (χ4v) is 19.3. The van der Waals surface area contributed by atoms with E-state index in [9.17, 15) is 0 Å². The van der Waals surface area contributed by atoms with Crippen molar-refractivity contribution in [3.63, 3.8) is 0 Å². The number of hydrogen-bond acceptors (Lipinski definition) is 0. The van der Waals surface area contributed by atoms with Crippen LogP contribution < -0.4 is 16.4 Å². The molecule has 0 amide bonds. The maximum absolute atomic E-state index is 4.20. The molecule has 0 unspecified atom stereocenters. The van der Waals surface area contributed by atoms with Crippen LogP contribution in [0, 0.1) is 0 Å². The summed E-state index contributed by atoms with van der Waals surface area (Å²) >= 11 is 4.20. The first-order chi connectivity index (χ1) is 43.7. The molecule has 2 heterocycles. The molecule has 14 aromatic rings. The molecule has 6 aliphatic rings. The first-order valence-electron chi connectivity index (χ1n) is 32.3. The van der Waals surface area contributed by atoms with E-state index in [1.807, 2.05) is 0 Å². The molecule has 0 saturated carbocycles. The van der Waals surface area contributed by atoms with Crippen LogP contribution >= 0.6 is 15.9 Å². The zero-order chi connectivity index (χ0) is 60.6. The van der Waals surface area contributed by atoms with Crippen LogP contribution in [-0.2, 0) is 21.7 Å². The summed E-state index contributed by atoms with van der Waals surface area (Å²) in [6.45, 7) is 19.3. The Balaban J connectivity index is 0.000000130. The van der Waals surface area contributed by atoms with E-state index in [1.165, 1.54) is 193 Å². The zero-order valence-electron chi connectivity index (χ0n) is 52.0. The van der Waals surface area contributed by atoms with E-state index in [0.29, 0.717) is 0 Å². The third kappa shape index (κ3) is 6.57. The van der Waals surface area contributed by atoms with Gasteiger partial charge in [-0.25, -0.2) is 0 Å². The fraction of sp³-hybridized carbons (Fsp3) is 0.136. The normalized spacial score (nSPS) is 15.7. The van der Waals surface area contributed by atoms with E-state index in [4.69, 9.17) is 0 Å². The standard InChI is InChI=1S/C44H31B.C44H33Br/c1-43(2)32-18-7-5-12-26(32)38-28-16-10-20-36-40(28)30(22-34(38)43)24-14-9-15-25-31-23-35-39(27-13-6-8-19-33(27)44(35,3)4)29-17-11-21-37(41(29)31)45(36)42(24)25;1-43(2)36-22-11-9-18-32(36)40-28-16-7-5-14-26(28)34(24-38(40)43)30-20-13-21-31(42(30)45)35-25-39-41(29-17-8-6-15-27(29)35)33-19-10-12-23-37(33)44(39,3)4/h5-23H,1-4H3;5-25H,1-4H3. The van der Waals surface area contributed by atoms with Gasteiger partial charge in [-0.1, -0.05) is 290 Å². The molecule has 20 rings (SSSR count). The van der Waals surface area contributed by atoms with Crippen molar-refractivity contribution in [2.75, 3.05) is 0 Å². The highest BCUT2D eigenvalue weighted by molar-refractivity contribution is 9.10. The van der Waals surface area contributed by atoms with Crippen molar-refractivity contribution < 1.29 is 0 Å². The van der Waals surface area contributed by atoms with Crippen LogP contribution in [-0.4, -0.2) is 6.71 Å². The van der Waals surface area contributed by atoms with Gasteiger partial charge in [0, 0.05) is 26.1 Å². The van der Waals surface area contributed by atoms with E-state index in [0.717, 1.165) is 4.47 Å². The average molecular weight is 1210 g/mol. The van der Waals surface area contributed by atoms with Gasteiger partial charge in [0.05, 0.1) is 0 Å². The molecule has 0 nitrogen and oxygen atoms in total. The highest BCUT2D eigenvalue weighted by Crippen LogP contribution is 2.59. The van der Waals surface area contributed by atoms with Crippen molar-refractivity contribution in [3.8, 4) is 89.0 Å². The Morgan fingerprint density at radius 3 is 0.867 bits per heavy atom. The van der Waals surface area contributed by atoms with E-state index >= 15 is 0 Å². The predicted octanol–water partition coefficient (Wildman–Crippen LogP) is 21.8. The first-order valence-corrected chi connectivity index (χ1v) is 33.1. The van der Waals surface area contributed by atoms with Crippen LogP contribution in [0.3, 0.4) is 0 Å². The average Bonchev–Trinajstić information content (AvgIpc) is 1.16. The van der Waals surface area contributed by atoms with Crippen molar-refractivity contribution >= 4 is 82.1 Å². The molecule has 2 aliphatic heterocycles. The fourth-order valence-electron chi connectivity index (χ4n) is 18.6. The van der Waals surface area contributed by atoms with Gasteiger partial charge in [-0.05, 0) is 217 Å². The Bertz CT molecular complexity index is 5290. The molecule has 4 aliphatic carbocycles. The molecular weight excluding hydrogens is 1150 g/mol. The largest absolute Gasteiger partial charge is 0.244 e. The van der Waals surface area contributed by atoms with Crippen LogP contribution in [0.2, 0.25) is 0 Å². The summed E-state index contributed by atoms with van der Waals surface area (Å²) in [4.78, 5) is 0. The first kappa shape index (κ1) is 52.6. The minimum Gasteiger partial charge on any atom is -0.0663 e. The maximum Gasteiger partial charge on any atom is 0.244 e. The second kappa shape index (κ2) is 18.0. The summed E-state index contributed by atoms with van der Waals surface area (Å²) in [5.74, 6) is 0. The lowest BCUT2D eigenvalue weighted by Gasteiger charge is -2.35. The van der Waals surface area contributed by atoms with Gasteiger partial charge in [0.2, 0.25) is 6.71 Å². The highest BCUT2D eigenvalue weighted by Gasteiger charge is 2.46. The molecule has 0 saturated heterocycles. The third-order valence-corrected chi connectivity index (χ3v) is 23.7. The van der Waals surface area contributed by atoms with Crippen LogP contribution in [0.5, 0.6) is 0 Å². The Kier molecular flexibility index (Phi) is 10.5. The molecular formula is C88H64BBr. The minimum absolute atomic E-state index is 0.0440. The second-order valence-electron chi connectivity index (χ2n) is 28.6. The smallest absolute Gasteiger partial charge is 0.0663 e. The van der Waals surface area contributed by atoms with Crippen molar-refractivity contribution in [2.24, 2.45) is 0 Å². The number of rotatable bonds is 2. The molecule has 0 radical (unpaired) electrons. The lowest BCUT2D eigenvalue weighted by Crippen LogP contribution is -2.57. The number of fused-ring (bicyclic) bond motifs is 22. The molecule has 0 bridgehead atoms. The second-order valence-corrected chi connectivity index (χ2v) is 29.4. The van der Waals surface area contributed by atoms with Gasteiger partial charge in [-0.3, -0.25) is 0 Å². The lowest BCUT2D eigenvalue weighted by atomic mass is 9.31. The van der Waals surface area contributed by atoms with E-state index < -0.39 is 0 Å². The van der Waals surface area contributed by atoms with Crippen molar-refractivity contribution in [3.05, 3.63) is 292 Å². The van der Waals surface area contributed by atoms with Gasteiger partial charge in [-0.2, -0.15) is 0 Å². The maximum atomic E-state index is 4.20. The molecule has 0 aromatic heterocycles. The molecule has 0 N–H and O–H groups in total. The van der Waals surface area contributed by atoms with Gasteiger partial charge in [0.15, 0.2) is 0 Å². The van der Waals surface area contributed by atoms with Gasteiger partial charge in [-0.15, -0.1) is 0 Å². The lowest BCUT2D eigenvalue weighted by molar-refractivity contribution is 0.661. The number of benzene rings is 14. The van der Waals surface area contributed by atoms with Gasteiger partial charge in [0.1, 0.15) is 0 Å². The van der Waals surface area contributed by atoms with E-state index in [-0.39, 0.29) is 28.4 Å². The van der Waals surface area contributed by atoms with Crippen LogP contribution in [0.15, 0.2) is 247 Å². The molecule has 0 fully saturated rings. The molecule has 14 aromatic carbocycles. The summed E-state index contributed by atoms with van der Waals surface area (Å²) < 4.78 is 1.14. The van der Waals surface area contributed by atoms with Crippen LogP contribution in [0.1, 0.15) is 99.9 Å². The monoisotopic (exact) mass is 1210 g/mol. The van der Waals surface area contributed by atoms with Gasteiger partial charge >= 0.3 is 0 Å². The summed E-state index contributed by atoms with van der Waals surface area (Å²) in [6.07, 6.45) is 0. The van der Waals surface area contributed by atoms with Crippen molar-refractivity contribution in [1.82, 2.24) is 0 Å². The quantitative estimate of drug-likeness (QED) is 0.151. The third-order valence-electron chi connectivity index (χ3n) is 22.8. The number of hydrogen-bond donors (Lipinski definition) is 0. The van der Waals surface area contributed by atoms with Crippen LogP contribution in [0.4, 0.5) is 0 Å². The Hall–Kier alpha value is -9.34. The zero-order valence-corrected chi connectivity index (χ0v) is 53.6. The predicted molar refractivity (Wildman–Crippen MR) is 387 cm³/mol. The molecule has 0 spiro atoms. The van der Waals surface area contributed by atoms with Crippen LogP contribution in [0.25, 0.3) is 132 Å². The SMILES string of the molecule is CC1(C)c2ccccc2-c2c1cc(-c1cccc(-c3cc4c(c5ccccc35)-c3ccccc3C4(C)C)c1Br)c1ccccc21.CC1(C)c2ccccc2-c2c1cc1c3c(cccc23)B2c3c-1cccc3-c1cc3c(c4cccc2c14)-c1ccccc1C3(C)C. The summed E-state index contributed by atoms with van der Waals surface area (Å²) in [5, 5.41) is 10.9. The number of halogens is 1. The van der Waals surface area contributed by atoms with Gasteiger partial charge in [0.25, 0.3) is 0 Å². The van der Waals surface area contributed by atoms with E-state index in [1.54, 1.807) is 0 Å². The van der Waals surface area contributed by atoms with Crippen molar-refractivity contribution in [2.45, 2.75) is 77.0 Å². The Morgan fingerprint density at radius 2 is 0.500 bits per heavy atom. The summed E-state index contributed by atoms with van der Waals surface area (Å²) in [7, 11) is 0.